The fourth-order valence-electron chi connectivity index (χ4n) is 2.27. The molecule has 2 rings (SSSR count). The van der Waals surface area contributed by atoms with Crippen LogP contribution < -0.4 is 5.32 Å². The Bertz CT molecular complexity index is 230. The fourth-order valence-corrected chi connectivity index (χ4v) is 2.27. The Morgan fingerprint density at radius 2 is 2.33 bits per heavy atom. The number of ether oxygens (including phenoxy) is 1. The van der Waals surface area contributed by atoms with Crippen molar-refractivity contribution in [2.24, 2.45) is 11.3 Å². The molecule has 1 unspecified atom stereocenters. The fraction of sp³-hybridized carbons (Fsp3) is 0.917. The molecule has 1 aliphatic carbocycles. The van der Waals surface area contributed by atoms with Crippen molar-refractivity contribution in [1.29, 1.82) is 0 Å². The second-order valence-electron chi connectivity index (χ2n) is 5.21. The minimum Gasteiger partial charge on any atom is -0.465 e. The molecule has 1 saturated carbocycles. The van der Waals surface area contributed by atoms with Gasteiger partial charge in [0.1, 0.15) is 0 Å². The summed E-state index contributed by atoms with van der Waals surface area (Å²) in [4.78, 5) is 11.8. The summed E-state index contributed by atoms with van der Waals surface area (Å²) in [5.74, 6) is 0.819. The molecule has 1 atom stereocenters. The normalized spacial score (nSPS) is 31.3. The van der Waals surface area contributed by atoms with Crippen LogP contribution in [0, 0.1) is 11.3 Å². The van der Waals surface area contributed by atoms with Crippen molar-refractivity contribution in [2.75, 3.05) is 19.7 Å². The van der Waals surface area contributed by atoms with Crippen LogP contribution in [0.4, 0.5) is 0 Å². The summed E-state index contributed by atoms with van der Waals surface area (Å²) in [6, 6.07) is 0. The predicted molar refractivity (Wildman–Crippen MR) is 58.5 cm³/mol. The molecule has 1 N–H and O–H groups in total. The van der Waals surface area contributed by atoms with Gasteiger partial charge in [0.05, 0.1) is 12.0 Å². The maximum atomic E-state index is 11.8. The summed E-state index contributed by atoms with van der Waals surface area (Å²) < 4.78 is 5.36. The van der Waals surface area contributed by atoms with Gasteiger partial charge in [-0.2, -0.15) is 0 Å². The molecule has 86 valence electrons. The predicted octanol–water partition coefficient (Wildman–Crippen LogP) is 1.72. The molecule has 0 amide bonds. The van der Waals surface area contributed by atoms with E-state index in [0.29, 0.717) is 6.61 Å². The van der Waals surface area contributed by atoms with E-state index in [2.05, 4.69) is 5.32 Å². The molecular formula is C12H21NO2. The number of hydrogen-bond acceptors (Lipinski definition) is 3. The largest absolute Gasteiger partial charge is 0.465 e. The first kappa shape index (κ1) is 10.9. The molecular weight excluding hydrogens is 190 g/mol. The second kappa shape index (κ2) is 4.52. The standard InChI is InChI=1S/C12H21NO2/c1-12(6-7-13-9-12)11(14)15-8-5-10-3-2-4-10/h10,13H,2-9H2,1H3. The van der Waals surface area contributed by atoms with Crippen LogP contribution in [0.25, 0.3) is 0 Å². The van der Waals surface area contributed by atoms with Gasteiger partial charge in [-0.1, -0.05) is 19.3 Å². The Morgan fingerprint density at radius 3 is 2.87 bits per heavy atom. The van der Waals surface area contributed by atoms with Crippen LogP contribution in [0.3, 0.4) is 0 Å². The third-order valence-electron chi connectivity index (χ3n) is 3.85. The van der Waals surface area contributed by atoms with Crippen molar-refractivity contribution in [1.82, 2.24) is 5.32 Å². The van der Waals surface area contributed by atoms with Crippen molar-refractivity contribution < 1.29 is 9.53 Å². The number of rotatable bonds is 4. The monoisotopic (exact) mass is 211 g/mol. The first-order chi connectivity index (χ1) is 7.21. The van der Waals surface area contributed by atoms with Gasteiger partial charge in [-0.15, -0.1) is 0 Å². The van der Waals surface area contributed by atoms with E-state index >= 15 is 0 Å². The number of nitrogens with one attached hydrogen (secondary N) is 1. The van der Waals surface area contributed by atoms with Gasteiger partial charge in [0, 0.05) is 6.54 Å². The molecule has 1 aliphatic heterocycles. The molecule has 3 heteroatoms. The van der Waals surface area contributed by atoms with E-state index in [4.69, 9.17) is 4.74 Å². The van der Waals surface area contributed by atoms with Crippen LogP contribution in [0.5, 0.6) is 0 Å². The molecule has 1 saturated heterocycles. The average molecular weight is 211 g/mol. The van der Waals surface area contributed by atoms with Gasteiger partial charge in [0.2, 0.25) is 0 Å². The highest BCUT2D eigenvalue weighted by atomic mass is 16.5. The maximum absolute atomic E-state index is 11.8. The van der Waals surface area contributed by atoms with Gasteiger partial charge in [0.15, 0.2) is 0 Å². The first-order valence-corrected chi connectivity index (χ1v) is 6.09. The van der Waals surface area contributed by atoms with Gasteiger partial charge >= 0.3 is 5.97 Å². The lowest BCUT2D eigenvalue weighted by Gasteiger charge is -2.26. The van der Waals surface area contributed by atoms with Crippen molar-refractivity contribution in [3.05, 3.63) is 0 Å². The number of carbonyl (C=O) groups excluding carboxylic acids is 1. The molecule has 0 aromatic rings. The Kier molecular flexibility index (Phi) is 3.29. The summed E-state index contributed by atoms with van der Waals surface area (Å²) >= 11 is 0. The van der Waals surface area contributed by atoms with Gasteiger partial charge in [-0.25, -0.2) is 0 Å². The Hall–Kier alpha value is -0.570. The molecule has 15 heavy (non-hydrogen) atoms. The lowest BCUT2D eigenvalue weighted by atomic mass is 9.83. The van der Waals surface area contributed by atoms with E-state index in [1.807, 2.05) is 6.92 Å². The third kappa shape index (κ3) is 2.51. The SMILES string of the molecule is CC1(C(=O)OCCC2CCC2)CCNC1. The Balaban J connectivity index is 1.67. The van der Waals surface area contributed by atoms with Crippen molar-refractivity contribution in [3.8, 4) is 0 Å². The van der Waals surface area contributed by atoms with Crippen LogP contribution in [0.2, 0.25) is 0 Å². The molecule has 0 aromatic heterocycles. The van der Waals surface area contributed by atoms with E-state index < -0.39 is 0 Å². The molecule has 0 radical (unpaired) electrons. The molecule has 0 bridgehead atoms. The van der Waals surface area contributed by atoms with E-state index in [1.54, 1.807) is 0 Å². The van der Waals surface area contributed by atoms with E-state index in [9.17, 15) is 4.79 Å². The van der Waals surface area contributed by atoms with E-state index in [0.717, 1.165) is 31.8 Å². The minimum atomic E-state index is -0.264. The lowest BCUT2D eigenvalue weighted by Crippen LogP contribution is -2.32. The van der Waals surface area contributed by atoms with Crippen LogP contribution in [0.15, 0.2) is 0 Å². The lowest BCUT2D eigenvalue weighted by molar-refractivity contribution is -0.154. The zero-order chi connectivity index (χ0) is 10.7. The number of hydrogen-bond donors (Lipinski definition) is 1. The van der Waals surface area contributed by atoms with Crippen molar-refractivity contribution in [2.45, 2.75) is 39.0 Å². The first-order valence-electron chi connectivity index (χ1n) is 6.09. The highest BCUT2D eigenvalue weighted by Gasteiger charge is 2.37. The Labute approximate surface area is 91.6 Å². The van der Waals surface area contributed by atoms with Crippen LogP contribution in [0.1, 0.15) is 39.0 Å². The smallest absolute Gasteiger partial charge is 0.313 e. The average Bonchev–Trinajstić information content (AvgIpc) is 2.58. The topological polar surface area (TPSA) is 38.3 Å². The zero-order valence-corrected chi connectivity index (χ0v) is 9.55. The molecule has 0 spiro atoms. The number of carbonyl (C=O) groups is 1. The molecule has 0 aromatic carbocycles. The van der Waals surface area contributed by atoms with Gasteiger partial charge in [0.25, 0.3) is 0 Å². The zero-order valence-electron chi connectivity index (χ0n) is 9.55. The number of esters is 1. The maximum Gasteiger partial charge on any atom is 0.313 e. The molecule has 2 fully saturated rings. The summed E-state index contributed by atoms with van der Waals surface area (Å²) in [6.45, 7) is 4.33. The van der Waals surface area contributed by atoms with E-state index in [-0.39, 0.29) is 11.4 Å². The summed E-state index contributed by atoms with van der Waals surface area (Å²) in [5, 5.41) is 3.21. The summed E-state index contributed by atoms with van der Waals surface area (Å²) in [5.41, 5.74) is -0.264. The van der Waals surface area contributed by atoms with Gasteiger partial charge in [-0.3, -0.25) is 4.79 Å². The van der Waals surface area contributed by atoms with Crippen LogP contribution >= 0.6 is 0 Å². The Morgan fingerprint density at radius 1 is 1.53 bits per heavy atom. The molecule has 3 nitrogen and oxygen atoms in total. The van der Waals surface area contributed by atoms with Gasteiger partial charge < -0.3 is 10.1 Å². The minimum absolute atomic E-state index is 0.00757. The van der Waals surface area contributed by atoms with Crippen molar-refractivity contribution in [3.63, 3.8) is 0 Å². The molecule has 2 aliphatic rings. The van der Waals surface area contributed by atoms with Gasteiger partial charge in [-0.05, 0) is 32.2 Å². The molecule has 1 heterocycles. The summed E-state index contributed by atoms with van der Waals surface area (Å²) in [6.07, 6.45) is 6.00. The van der Waals surface area contributed by atoms with Crippen LogP contribution in [-0.4, -0.2) is 25.7 Å². The quantitative estimate of drug-likeness (QED) is 0.720. The van der Waals surface area contributed by atoms with E-state index in [1.165, 1.54) is 19.3 Å². The van der Waals surface area contributed by atoms with Crippen LogP contribution in [-0.2, 0) is 9.53 Å². The highest BCUT2D eigenvalue weighted by molar-refractivity contribution is 5.77. The summed E-state index contributed by atoms with van der Waals surface area (Å²) in [7, 11) is 0. The third-order valence-corrected chi connectivity index (χ3v) is 3.85. The van der Waals surface area contributed by atoms with Crippen molar-refractivity contribution >= 4 is 5.97 Å². The highest BCUT2D eigenvalue weighted by Crippen LogP contribution is 2.30. The second-order valence-corrected chi connectivity index (χ2v) is 5.21.